The molecule has 0 radical (unpaired) electrons. The van der Waals surface area contributed by atoms with Crippen molar-refractivity contribution in [3.63, 3.8) is 0 Å². The highest BCUT2D eigenvalue weighted by atomic mass is 16.5. The number of benzene rings is 2. The predicted octanol–water partition coefficient (Wildman–Crippen LogP) is 4.11. The summed E-state index contributed by atoms with van der Waals surface area (Å²) in [4.78, 5) is 18.1. The minimum absolute atomic E-state index is 0.159. The lowest BCUT2D eigenvalue weighted by atomic mass is 9.85. The van der Waals surface area contributed by atoms with Gasteiger partial charge in [-0.3, -0.25) is 9.69 Å². The lowest BCUT2D eigenvalue weighted by Crippen LogP contribution is -2.44. The molecule has 164 valence electrons. The third-order valence-corrected chi connectivity index (χ3v) is 6.11. The van der Waals surface area contributed by atoms with Gasteiger partial charge in [0.2, 0.25) is 0 Å². The van der Waals surface area contributed by atoms with Gasteiger partial charge in [-0.2, -0.15) is 5.26 Å². The van der Waals surface area contributed by atoms with E-state index in [9.17, 15) is 10.1 Å². The fraction of sp³-hybridized carbons (Fsp3) is 0.333. The van der Waals surface area contributed by atoms with Crippen LogP contribution in [0.5, 0.6) is 0 Å². The number of nitriles is 1. The first-order valence-corrected chi connectivity index (χ1v) is 11.1. The molecule has 5 heteroatoms. The molecule has 0 amide bonds. The van der Waals surface area contributed by atoms with E-state index in [-0.39, 0.29) is 16.5 Å². The maximum atomic E-state index is 12.8. The molecule has 1 aliphatic rings. The maximum Gasteiger partial charge on any atom is 0.266 e. The van der Waals surface area contributed by atoms with E-state index in [1.54, 1.807) is 0 Å². The molecule has 1 aliphatic heterocycles. The van der Waals surface area contributed by atoms with Crippen molar-refractivity contribution in [2.24, 2.45) is 0 Å². The molecule has 0 atom stereocenters. The van der Waals surface area contributed by atoms with Crippen LogP contribution in [0.3, 0.4) is 0 Å². The van der Waals surface area contributed by atoms with Crippen LogP contribution in [0.2, 0.25) is 0 Å². The van der Waals surface area contributed by atoms with Gasteiger partial charge < -0.3 is 9.72 Å². The number of rotatable bonds is 6. The normalized spacial score (nSPS) is 14.8. The molecule has 0 spiro atoms. The molecule has 0 bridgehead atoms. The molecule has 4 rings (SSSR count). The van der Waals surface area contributed by atoms with Gasteiger partial charge in [0, 0.05) is 36.3 Å². The van der Waals surface area contributed by atoms with Crippen molar-refractivity contribution in [3.05, 3.63) is 93.4 Å². The summed E-state index contributed by atoms with van der Waals surface area (Å²) in [6.07, 6.45) is 0.847. The number of nitrogens with zero attached hydrogens (tertiary/aromatic N) is 2. The highest BCUT2D eigenvalue weighted by Crippen LogP contribution is 2.29. The molecule has 1 saturated heterocycles. The zero-order chi connectivity index (χ0) is 22.6. The van der Waals surface area contributed by atoms with Gasteiger partial charge in [0.15, 0.2) is 0 Å². The highest BCUT2D eigenvalue weighted by Gasteiger charge is 2.27. The minimum Gasteiger partial charge on any atom is -0.379 e. The average Bonchev–Trinajstić information content (AvgIpc) is 2.80. The Bertz CT molecular complexity index is 1150. The van der Waals surface area contributed by atoms with E-state index in [0.29, 0.717) is 5.56 Å². The second-order valence-electron chi connectivity index (χ2n) is 9.04. The first-order valence-electron chi connectivity index (χ1n) is 11.1. The second-order valence-corrected chi connectivity index (χ2v) is 9.04. The molecular formula is C27H29N3O2. The molecule has 2 heterocycles. The summed E-state index contributed by atoms with van der Waals surface area (Å²) in [7, 11) is 0. The molecule has 1 N–H and O–H groups in total. The third kappa shape index (κ3) is 4.99. The van der Waals surface area contributed by atoms with Crippen LogP contribution in [0.25, 0.3) is 11.1 Å². The standard InChI is InChI=1S/C27H29N3O2/c1-27(2,19-30-12-14-32-15-13-30)25-17-23(24(18-28)26(31)29-25)22-10-8-21(9-11-22)16-20-6-4-3-5-7-20/h3-11,17H,12-16,19H2,1-2H3,(H,29,31). The van der Waals surface area contributed by atoms with E-state index in [2.05, 4.69) is 54.1 Å². The van der Waals surface area contributed by atoms with Crippen LogP contribution in [-0.2, 0) is 16.6 Å². The fourth-order valence-electron chi connectivity index (χ4n) is 4.30. The molecule has 3 aromatic rings. The highest BCUT2D eigenvalue weighted by molar-refractivity contribution is 5.70. The summed E-state index contributed by atoms with van der Waals surface area (Å²) in [6, 6.07) is 22.6. The van der Waals surface area contributed by atoms with Gasteiger partial charge in [0.1, 0.15) is 11.6 Å². The molecule has 1 fully saturated rings. The SMILES string of the molecule is CC(C)(CN1CCOCC1)c1cc(-c2ccc(Cc3ccccc3)cc2)c(C#N)c(=O)[nH]1. The van der Waals surface area contributed by atoms with Crippen molar-refractivity contribution in [1.29, 1.82) is 5.26 Å². The summed E-state index contributed by atoms with van der Waals surface area (Å²) in [5.41, 5.74) is 4.41. The number of morpholine rings is 1. The number of H-pyrrole nitrogens is 1. The quantitative estimate of drug-likeness (QED) is 0.643. The lowest BCUT2D eigenvalue weighted by Gasteiger charge is -2.35. The summed E-state index contributed by atoms with van der Waals surface area (Å²) >= 11 is 0. The van der Waals surface area contributed by atoms with Crippen molar-refractivity contribution >= 4 is 0 Å². The monoisotopic (exact) mass is 427 g/mol. The number of ether oxygens (including phenoxy) is 1. The predicted molar refractivity (Wildman–Crippen MR) is 127 cm³/mol. The van der Waals surface area contributed by atoms with Crippen molar-refractivity contribution in [1.82, 2.24) is 9.88 Å². The van der Waals surface area contributed by atoms with Gasteiger partial charge in [-0.1, -0.05) is 68.4 Å². The van der Waals surface area contributed by atoms with Crippen molar-refractivity contribution in [2.75, 3.05) is 32.8 Å². The smallest absolute Gasteiger partial charge is 0.266 e. The Morgan fingerprint density at radius 1 is 1.03 bits per heavy atom. The van der Waals surface area contributed by atoms with Gasteiger partial charge in [-0.15, -0.1) is 0 Å². The zero-order valence-corrected chi connectivity index (χ0v) is 18.7. The minimum atomic E-state index is -0.330. The Hall–Kier alpha value is -3.20. The summed E-state index contributed by atoms with van der Waals surface area (Å²) in [5.74, 6) is 0. The lowest BCUT2D eigenvalue weighted by molar-refractivity contribution is 0.0292. The van der Waals surface area contributed by atoms with Crippen molar-refractivity contribution in [2.45, 2.75) is 25.7 Å². The van der Waals surface area contributed by atoms with E-state index in [1.165, 1.54) is 11.1 Å². The molecule has 1 aromatic heterocycles. The van der Waals surface area contributed by atoms with Gasteiger partial charge >= 0.3 is 0 Å². The number of hydrogen-bond acceptors (Lipinski definition) is 4. The molecular weight excluding hydrogens is 398 g/mol. The second kappa shape index (κ2) is 9.52. The van der Waals surface area contributed by atoms with E-state index in [4.69, 9.17) is 4.74 Å². The molecule has 0 saturated carbocycles. The van der Waals surface area contributed by atoms with Gasteiger partial charge in [-0.25, -0.2) is 0 Å². The van der Waals surface area contributed by atoms with Crippen LogP contribution in [-0.4, -0.2) is 42.7 Å². The fourth-order valence-corrected chi connectivity index (χ4v) is 4.30. The number of pyridine rings is 1. The van der Waals surface area contributed by atoms with Gasteiger partial charge in [-0.05, 0) is 29.2 Å². The molecule has 5 nitrogen and oxygen atoms in total. The molecule has 2 aromatic carbocycles. The van der Waals surface area contributed by atoms with Crippen LogP contribution < -0.4 is 5.56 Å². The first-order chi connectivity index (χ1) is 15.5. The number of hydrogen-bond donors (Lipinski definition) is 1. The Morgan fingerprint density at radius 3 is 2.34 bits per heavy atom. The molecule has 0 unspecified atom stereocenters. The van der Waals surface area contributed by atoms with E-state index in [0.717, 1.165) is 50.5 Å². The van der Waals surface area contributed by atoms with E-state index >= 15 is 0 Å². The number of aromatic amines is 1. The zero-order valence-electron chi connectivity index (χ0n) is 18.7. The maximum absolute atomic E-state index is 12.8. The van der Waals surface area contributed by atoms with Crippen molar-refractivity contribution in [3.8, 4) is 17.2 Å². The van der Waals surface area contributed by atoms with E-state index < -0.39 is 0 Å². The van der Waals surface area contributed by atoms with Crippen LogP contribution >= 0.6 is 0 Å². The molecule has 0 aliphatic carbocycles. The topological polar surface area (TPSA) is 69.1 Å². The summed E-state index contributed by atoms with van der Waals surface area (Å²) < 4.78 is 5.46. The summed E-state index contributed by atoms with van der Waals surface area (Å²) in [5, 5.41) is 9.67. The third-order valence-electron chi connectivity index (χ3n) is 6.11. The van der Waals surface area contributed by atoms with Gasteiger partial charge in [0.25, 0.3) is 5.56 Å². The van der Waals surface area contributed by atoms with Crippen LogP contribution in [0.1, 0.15) is 36.2 Å². The van der Waals surface area contributed by atoms with Crippen LogP contribution in [0, 0.1) is 11.3 Å². The average molecular weight is 428 g/mol. The Morgan fingerprint density at radius 2 is 1.69 bits per heavy atom. The number of aromatic nitrogens is 1. The summed E-state index contributed by atoms with van der Waals surface area (Å²) in [6.45, 7) is 8.33. The van der Waals surface area contributed by atoms with Crippen molar-refractivity contribution < 1.29 is 4.74 Å². The Labute approximate surface area is 189 Å². The molecule has 32 heavy (non-hydrogen) atoms. The van der Waals surface area contributed by atoms with Gasteiger partial charge in [0.05, 0.1) is 13.2 Å². The Kier molecular flexibility index (Phi) is 6.55. The van der Waals surface area contributed by atoms with E-state index in [1.807, 2.05) is 36.4 Å². The van der Waals surface area contributed by atoms with Crippen LogP contribution in [0.4, 0.5) is 0 Å². The number of nitrogens with one attached hydrogen (secondary N) is 1. The Balaban J connectivity index is 1.63. The van der Waals surface area contributed by atoms with Crippen LogP contribution in [0.15, 0.2) is 65.5 Å². The first kappa shape index (κ1) is 22.0. The largest absolute Gasteiger partial charge is 0.379 e.